The molecule has 0 saturated heterocycles. The third-order valence-corrected chi connectivity index (χ3v) is 4.24. The van der Waals surface area contributed by atoms with E-state index in [-0.39, 0.29) is 5.78 Å². The van der Waals surface area contributed by atoms with E-state index >= 15 is 0 Å². The minimum absolute atomic E-state index is 0.0942. The highest BCUT2D eigenvalue weighted by molar-refractivity contribution is 6.05. The van der Waals surface area contributed by atoms with Gasteiger partial charge >= 0.3 is 0 Å². The number of ketones is 1. The first-order chi connectivity index (χ1) is 11.0. The molecule has 0 radical (unpaired) electrons. The molecule has 120 valence electrons. The first kappa shape index (κ1) is 17.2. The Labute approximate surface area is 139 Å². The van der Waals surface area contributed by atoms with Crippen LogP contribution in [-0.4, -0.2) is 31.3 Å². The predicted molar refractivity (Wildman–Crippen MR) is 96.7 cm³/mol. The summed E-state index contributed by atoms with van der Waals surface area (Å²) < 4.78 is 0. The van der Waals surface area contributed by atoms with E-state index < -0.39 is 5.41 Å². The van der Waals surface area contributed by atoms with Crippen LogP contribution in [-0.2, 0) is 10.2 Å². The van der Waals surface area contributed by atoms with Crippen molar-refractivity contribution in [3.05, 3.63) is 83.9 Å². The number of hydrogen-bond donors (Lipinski definition) is 0. The van der Waals surface area contributed by atoms with Gasteiger partial charge in [-0.05, 0) is 50.7 Å². The molecule has 2 nitrogen and oxygen atoms in total. The Balaban J connectivity index is 2.68. The molecule has 0 aromatic heterocycles. The molecular weight excluding hydrogens is 282 g/mol. The van der Waals surface area contributed by atoms with Gasteiger partial charge in [0.15, 0.2) is 5.78 Å². The number of nitrogens with zero attached hydrogens (tertiary/aromatic N) is 1. The number of allylic oxidation sites excluding steroid dienone is 1. The average molecular weight is 307 g/mol. The Kier molecular flexibility index (Phi) is 5.51. The highest BCUT2D eigenvalue weighted by Gasteiger charge is 2.41. The number of hydrogen-bond acceptors (Lipinski definition) is 2. The molecule has 2 heteroatoms. The molecule has 0 fully saturated rings. The van der Waals surface area contributed by atoms with Crippen molar-refractivity contribution in [3.63, 3.8) is 0 Å². The summed E-state index contributed by atoms with van der Waals surface area (Å²) in [6.45, 7) is 6.56. The van der Waals surface area contributed by atoms with Gasteiger partial charge in [0.2, 0.25) is 0 Å². The minimum atomic E-state index is -0.682. The van der Waals surface area contributed by atoms with Crippen molar-refractivity contribution in [1.82, 2.24) is 4.90 Å². The van der Waals surface area contributed by atoms with E-state index in [4.69, 9.17) is 0 Å². The van der Waals surface area contributed by atoms with Crippen molar-refractivity contribution in [1.29, 1.82) is 0 Å². The van der Waals surface area contributed by atoms with Gasteiger partial charge in [0, 0.05) is 0 Å². The molecule has 0 saturated carbocycles. The summed E-state index contributed by atoms with van der Waals surface area (Å²) in [4.78, 5) is 15.4. The molecule has 2 rings (SSSR count). The Hall–Kier alpha value is -2.19. The predicted octanol–water partition coefficient (Wildman–Crippen LogP) is 4.07. The van der Waals surface area contributed by atoms with Crippen LogP contribution in [0.4, 0.5) is 0 Å². The van der Waals surface area contributed by atoms with Gasteiger partial charge in [-0.2, -0.15) is 0 Å². The van der Waals surface area contributed by atoms with E-state index in [1.165, 1.54) is 0 Å². The minimum Gasteiger partial charge on any atom is -0.309 e. The first-order valence-corrected chi connectivity index (χ1v) is 7.94. The molecule has 0 bridgehead atoms. The smallest absolute Gasteiger partial charge is 0.172 e. The molecule has 23 heavy (non-hydrogen) atoms. The lowest BCUT2D eigenvalue weighted by atomic mass is 9.67. The fourth-order valence-electron chi connectivity index (χ4n) is 3.03. The topological polar surface area (TPSA) is 20.3 Å². The van der Waals surface area contributed by atoms with E-state index in [1.54, 1.807) is 6.92 Å². The molecule has 0 N–H and O–H groups in total. The van der Waals surface area contributed by atoms with Crippen LogP contribution in [0.15, 0.2) is 72.8 Å². The summed E-state index contributed by atoms with van der Waals surface area (Å²) in [6.07, 6.45) is 0.722. The Morgan fingerprint density at radius 1 is 0.957 bits per heavy atom. The van der Waals surface area contributed by atoms with Crippen LogP contribution < -0.4 is 0 Å². The average Bonchev–Trinajstić information content (AvgIpc) is 2.57. The van der Waals surface area contributed by atoms with E-state index in [2.05, 4.69) is 11.5 Å². The highest BCUT2D eigenvalue weighted by Crippen LogP contribution is 2.38. The first-order valence-electron chi connectivity index (χ1n) is 7.94. The zero-order valence-corrected chi connectivity index (χ0v) is 14.3. The quantitative estimate of drug-likeness (QED) is 0.719. The van der Waals surface area contributed by atoms with Gasteiger partial charge in [0.25, 0.3) is 0 Å². The molecule has 0 amide bonds. The van der Waals surface area contributed by atoms with Crippen LogP contribution in [0, 0.1) is 0 Å². The van der Waals surface area contributed by atoms with E-state index in [1.807, 2.05) is 74.8 Å². The van der Waals surface area contributed by atoms with E-state index in [0.29, 0.717) is 5.57 Å². The summed E-state index contributed by atoms with van der Waals surface area (Å²) in [5.74, 6) is 0.0942. The zero-order valence-electron chi connectivity index (χ0n) is 14.3. The normalized spacial score (nSPS) is 11.5. The van der Waals surface area contributed by atoms with Crippen molar-refractivity contribution < 1.29 is 4.79 Å². The Morgan fingerprint density at radius 3 is 1.74 bits per heavy atom. The van der Waals surface area contributed by atoms with Crippen LogP contribution in [0.5, 0.6) is 0 Å². The second kappa shape index (κ2) is 7.38. The number of carbonyl (C=O) groups is 1. The van der Waals surface area contributed by atoms with Gasteiger partial charge < -0.3 is 4.90 Å². The summed E-state index contributed by atoms with van der Waals surface area (Å²) >= 11 is 0. The van der Waals surface area contributed by atoms with Crippen molar-refractivity contribution >= 4 is 5.78 Å². The standard InChI is InChI=1S/C21H25NO/c1-17(2)20(23)21(15-16-22(3)4,18-11-7-5-8-12-18)19-13-9-6-10-14-19/h5-14H,1,15-16H2,2-4H3. The maximum atomic E-state index is 13.3. The van der Waals surface area contributed by atoms with Gasteiger partial charge in [-0.15, -0.1) is 0 Å². The molecule has 0 unspecified atom stereocenters. The molecule has 0 aliphatic heterocycles. The van der Waals surface area contributed by atoms with Crippen LogP contribution in [0.1, 0.15) is 24.5 Å². The van der Waals surface area contributed by atoms with Gasteiger partial charge in [-0.25, -0.2) is 0 Å². The van der Waals surface area contributed by atoms with Gasteiger partial charge in [-0.3, -0.25) is 4.79 Å². The third-order valence-electron chi connectivity index (χ3n) is 4.24. The monoisotopic (exact) mass is 307 g/mol. The molecule has 0 heterocycles. The number of rotatable bonds is 7. The number of carbonyl (C=O) groups excluding carboxylic acids is 1. The lowest BCUT2D eigenvalue weighted by Gasteiger charge is -2.35. The van der Waals surface area contributed by atoms with E-state index in [9.17, 15) is 4.79 Å². The zero-order chi connectivity index (χ0) is 16.9. The summed E-state index contributed by atoms with van der Waals surface area (Å²) in [7, 11) is 4.07. The Bertz CT molecular complexity index is 619. The molecule has 0 atom stereocenters. The maximum Gasteiger partial charge on any atom is 0.172 e. The van der Waals surface area contributed by atoms with Crippen molar-refractivity contribution in [2.45, 2.75) is 18.8 Å². The fraction of sp³-hybridized carbons (Fsp3) is 0.286. The highest BCUT2D eigenvalue weighted by atomic mass is 16.1. The second-order valence-corrected chi connectivity index (χ2v) is 6.30. The van der Waals surface area contributed by atoms with Crippen LogP contribution in [0.25, 0.3) is 0 Å². The van der Waals surface area contributed by atoms with Crippen molar-refractivity contribution in [2.75, 3.05) is 20.6 Å². The molecule has 0 spiro atoms. The van der Waals surface area contributed by atoms with Gasteiger partial charge in [-0.1, -0.05) is 67.2 Å². The molecular formula is C21H25NO. The van der Waals surface area contributed by atoms with Crippen molar-refractivity contribution in [2.24, 2.45) is 0 Å². The SMILES string of the molecule is C=C(C)C(=O)C(CCN(C)C)(c1ccccc1)c1ccccc1. The second-order valence-electron chi connectivity index (χ2n) is 6.30. The van der Waals surface area contributed by atoms with Crippen LogP contribution in [0.3, 0.4) is 0 Å². The van der Waals surface area contributed by atoms with Gasteiger partial charge in [0.1, 0.15) is 0 Å². The Morgan fingerprint density at radius 2 is 1.39 bits per heavy atom. The fourth-order valence-corrected chi connectivity index (χ4v) is 3.03. The maximum absolute atomic E-state index is 13.3. The molecule has 0 aliphatic rings. The van der Waals surface area contributed by atoms with E-state index in [0.717, 1.165) is 24.1 Å². The number of benzene rings is 2. The summed E-state index contributed by atoms with van der Waals surface area (Å²) in [5.41, 5.74) is 1.97. The molecule has 0 aliphatic carbocycles. The summed E-state index contributed by atoms with van der Waals surface area (Å²) in [5, 5.41) is 0. The lowest BCUT2D eigenvalue weighted by Crippen LogP contribution is -2.40. The summed E-state index contributed by atoms with van der Waals surface area (Å²) in [6, 6.07) is 20.1. The number of Topliss-reactive ketones (excluding diaryl/α,β-unsaturated/α-hetero) is 1. The van der Waals surface area contributed by atoms with Gasteiger partial charge in [0.05, 0.1) is 5.41 Å². The van der Waals surface area contributed by atoms with Crippen molar-refractivity contribution in [3.8, 4) is 0 Å². The molecule has 2 aromatic carbocycles. The lowest BCUT2D eigenvalue weighted by molar-refractivity contribution is -0.119. The largest absolute Gasteiger partial charge is 0.309 e. The van der Waals surface area contributed by atoms with Crippen LogP contribution in [0.2, 0.25) is 0 Å². The van der Waals surface area contributed by atoms with Crippen LogP contribution >= 0.6 is 0 Å². The molecule has 2 aromatic rings. The third kappa shape index (κ3) is 3.59.